The number of rotatable bonds is 9. The molecule has 2 aromatic carbocycles. The van der Waals surface area contributed by atoms with Gasteiger partial charge in [0.1, 0.15) is 5.82 Å². The number of hydrogen-bond donors (Lipinski definition) is 2. The van der Waals surface area contributed by atoms with Gasteiger partial charge in [-0.05, 0) is 36.1 Å². The normalized spacial score (nSPS) is 13.1. The maximum Gasteiger partial charge on any atom is 0.276 e. The lowest BCUT2D eigenvalue weighted by atomic mass is 9.91. The fraction of sp³-hybridized carbons (Fsp3) is 0.172. The van der Waals surface area contributed by atoms with E-state index in [1.54, 1.807) is 24.4 Å². The standard InChI is InChI=1S/C29H26FN7O/c30-24-17-31-28(16-25(24)34-29(38)26-18-32-27-12-7-15-33-37(26)27)36(35-22-13-14-22)19-23(20-8-3-1-4-9-20)21-10-5-2-6-11-21/h1-12,15-18,22-23,35H,13-14,19H2,(H,31,34,38). The van der Waals surface area contributed by atoms with Crippen molar-refractivity contribution < 1.29 is 9.18 Å². The van der Waals surface area contributed by atoms with Crippen LogP contribution >= 0.6 is 0 Å². The minimum atomic E-state index is -0.627. The Morgan fingerprint density at radius 1 is 0.974 bits per heavy atom. The lowest BCUT2D eigenvalue weighted by molar-refractivity contribution is 0.102. The summed E-state index contributed by atoms with van der Waals surface area (Å²) in [5.74, 6) is -0.585. The van der Waals surface area contributed by atoms with E-state index in [4.69, 9.17) is 0 Å². The number of anilines is 2. The van der Waals surface area contributed by atoms with Crippen LogP contribution in [-0.4, -0.2) is 38.1 Å². The monoisotopic (exact) mass is 507 g/mol. The summed E-state index contributed by atoms with van der Waals surface area (Å²) in [6.45, 7) is 0.563. The molecule has 3 aromatic heterocycles. The van der Waals surface area contributed by atoms with Gasteiger partial charge >= 0.3 is 0 Å². The number of fused-ring (bicyclic) bond motifs is 1. The lowest BCUT2D eigenvalue weighted by Crippen LogP contribution is -2.43. The first-order valence-corrected chi connectivity index (χ1v) is 12.5. The largest absolute Gasteiger partial charge is 0.318 e. The Bertz CT molecular complexity index is 1510. The molecule has 2 N–H and O–H groups in total. The summed E-state index contributed by atoms with van der Waals surface area (Å²) in [6, 6.07) is 25.9. The Balaban J connectivity index is 1.31. The van der Waals surface area contributed by atoms with Gasteiger partial charge in [0.2, 0.25) is 0 Å². The molecule has 0 saturated heterocycles. The summed E-state index contributed by atoms with van der Waals surface area (Å²) >= 11 is 0. The zero-order valence-electron chi connectivity index (χ0n) is 20.5. The highest BCUT2D eigenvalue weighted by atomic mass is 19.1. The van der Waals surface area contributed by atoms with Crippen molar-refractivity contribution >= 4 is 23.1 Å². The number of amides is 1. The van der Waals surface area contributed by atoms with Crippen LogP contribution in [0.3, 0.4) is 0 Å². The van der Waals surface area contributed by atoms with Crippen LogP contribution in [0.2, 0.25) is 0 Å². The molecule has 0 spiro atoms. The zero-order chi connectivity index (χ0) is 25.9. The van der Waals surface area contributed by atoms with Crippen LogP contribution in [0.15, 0.2) is 97.5 Å². The molecule has 6 rings (SSSR count). The number of halogens is 1. The van der Waals surface area contributed by atoms with E-state index in [0.717, 1.165) is 30.2 Å². The SMILES string of the molecule is O=C(Nc1cc(N(CC(c2ccccc2)c2ccccc2)NC2CC2)ncc1F)c1cnc2cccnn12. The van der Waals surface area contributed by atoms with Gasteiger partial charge < -0.3 is 5.32 Å². The third-order valence-corrected chi connectivity index (χ3v) is 6.56. The summed E-state index contributed by atoms with van der Waals surface area (Å²) in [5.41, 5.74) is 6.64. The Morgan fingerprint density at radius 3 is 2.37 bits per heavy atom. The molecule has 5 aromatic rings. The Kier molecular flexibility index (Phi) is 6.49. The van der Waals surface area contributed by atoms with Gasteiger partial charge in [0.15, 0.2) is 17.2 Å². The van der Waals surface area contributed by atoms with Crippen LogP contribution in [0.4, 0.5) is 15.9 Å². The number of pyridine rings is 1. The molecular weight excluding hydrogens is 481 g/mol. The molecule has 1 aliphatic rings. The van der Waals surface area contributed by atoms with Gasteiger partial charge in [-0.25, -0.2) is 24.3 Å². The van der Waals surface area contributed by atoms with E-state index in [0.29, 0.717) is 24.1 Å². The highest BCUT2D eigenvalue weighted by molar-refractivity contribution is 6.03. The fourth-order valence-corrected chi connectivity index (χ4v) is 4.44. The van der Waals surface area contributed by atoms with Gasteiger partial charge in [-0.2, -0.15) is 5.10 Å². The van der Waals surface area contributed by atoms with E-state index >= 15 is 0 Å². The minimum Gasteiger partial charge on any atom is -0.318 e. The lowest BCUT2D eigenvalue weighted by Gasteiger charge is -2.30. The fourth-order valence-electron chi connectivity index (χ4n) is 4.44. The molecule has 0 radical (unpaired) electrons. The average molecular weight is 508 g/mol. The summed E-state index contributed by atoms with van der Waals surface area (Å²) in [4.78, 5) is 21.6. The molecule has 1 amide bonds. The number of carbonyl (C=O) groups is 1. The first kappa shape index (κ1) is 23.7. The van der Waals surface area contributed by atoms with Gasteiger partial charge in [-0.3, -0.25) is 9.80 Å². The molecular formula is C29H26FN7O. The Morgan fingerprint density at radius 2 is 1.68 bits per heavy atom. The second-order valence-corrected chi connectivity index (χ2v) is 9.30. The summed E-state index contributed by atoms with van der Waals surface area (Å²) in [5, 5.41) is 8.81. The van der Waals surface area contributed by atoms with Crippen molar-refractivity contribution in [3.63, 3.8) is 0 Å². The molecule has 0 bridgehead atoms. The average Bonchev–Trinajstić information content (AvgIpc) is 3.68. The summed E-state index contributed by atoms with van der Waals surface area (Å²) in [7, 11) is 0. The van der Waals surface area contributed by atoms with E-state index in [-0.39, 0.29) is 17.3 Å². The van der Waals surface area contributed by atoms with E-state index in [2.05, 4.69) is 50.1 Å². The topological polar surface area (TPSA) is 87.5 Å². The molecule has 9 heteroatoms. The van der Waals surface area contributed by atoms with Gasteiger partial charge in [0.05, 0.1) is 18.1 Å². The van der Waals surface area contributed by atoms with Crippen LogP contribution in [0.25, 0.3) is 5.65 Å². The van der Waals surface area contributed by atoms with Crippen LogP contribution in [-0.2, 0) is 0 Å². The van der Waals surface area contributed by atoms with Gasteiger partial charge in [0.25, 0.3) is 5.91 Å². The van der Waals surface area contributed by atoms with Crippen molar-refractivity contribution in [3.05, 3.63) is 120 Å². The highest BCUT2D eigenvalue weighted by Crippen LogP contribution is 2.30. The van der Waals surface area contributed by atoms with Crippen LogP contribution in [0, 0.1) is 5.82 Å². The van der Waals surface area contributed by atoms with Crippen molar-refractivity contribution in [1.29, 1.82) is 0 Å². The van der Waals surface area contributed by atoms with Crippen molar-refractivity contribution in [1.82, 2.24) is 25.0 Å². The molecule has 1 fully saturated rings. The minimum absolute atomic E-state index is 0.0319. The van der Waals surface area contributed by atoms with E-state index in [1.807, 2.05) is 41.4 Å². The predicted octanol–water partition coefficient (Wildman–Crippen LogP) is 4.82. The molecule has 0 atom stereocenters. The molecule has 190 valence electrons. The van der Waals surface area contributed by atoms with Crippen molar-refractivity contribution in [3.8, 4) is 0 Å². The van der Waals surface area contributed by atoms with Gasteiger partial charge in [-0.15, -0.1) is 0 Å². The van der Waals surface area contributed by atoms with Gasteiger partial charge in [0, 0.05) is 30.8 Å². The maximum atomic E-state index is 14.9. The number of nitrogens with zero attached hydrogens (tertiary/aromatic N) is 5. The third-order valence-electron chi connectivity index (χ3n) is 6.56. The number of hydrazine groups is 1. The maximum absolute atomic E-state index is 14.9. The Hall–Kier alpha value is -4.63. The van der Waals surface area contributed by atoms with Crippen molar-refractivity contribution in [2.24, 2.45) is 0 Å². The van der Waals surface area contributed by atoms with E-state index in [9.17, 15) is 9.18 Å². The first-order valence-electron chi connectivity index (χ1n) is 12.5. The number of benzene rings is 2. The van der Waals surface area contributed by atoms with Crippen LogP contribution < -0.4 is 15.8 Å². The number of hydrogen-bond acceptors (Lipinski definition) is 6. The molecule has 1 aliphatic carbocycles. The molecule has 0 unspecified atom stereocenters. The first-order chi connectivity index (χ1) is 18.7. The quantitative estimate of drug-likeness (QED) is 0.278. The molecule has 8 nitrogen and oxygen atoms in total. The van der Waals surface area contributed by atoms with Crippen LogP contribution in [0.5, 0.6) is 0 Å². The van der Waals surface area contributed by atoms with Crippen LogP contribution in [0.1, 0.15) is 40.4 Å². The molecule has 1 saturated carbocycles. The van der Waals surface area contributed by atoms with Crippen molar-refractivity contribution in [2.75, 3.05) is 16.9 Å². The highest BCUT2D eigenvalue weighted by Gasteiger charge is 2.28. The third kappa shape index (κ3) is 5.09. The molecule has 0 aliphatic heterocycles. The smallest absolute Gasteiger partial charge is 0.276 e. The molecule has 3 heterocycles. The number of carbonyl (C=O) groups excluding carboxylic acids is 1. The summed E-state index contributed by atoms with van der Waals surface area (Å²) < 4.78 is 16.3. The van der Waals surface area contributed by atoms with Crippen molar-refractivity contribution in [2.45, 2.75) is 24.8 Å². The summed E-state index contributed by atoms with van der Waals surface area (Å²) in [6.07, 6.45) is 6.24. The van der Waals surface area contributed by atoms with E-state index < -0.39 is 11.7 Å². The number of aromatic nitrogens is 4. The molecule has 38 heavy (non-hydrogen) atoms. The second kappa shape index (κ2) is 10.4. The predicted molar refractivity (Wildman–Crippen MR) is 143 cm³/mol. The zero-order valence-corrected chi connectivity index (χ0v) is 20.5. The Labute approximate surface area is 219 Å². The number of nitrogens with one attached hydrogen (secondary N) is 2. The second-order valence-electron chi connectivity index (χ2n) is 9.30. The van der Waals surface area contributed by atoms with Gasteiger partial charge in [-0.1, -0.05) is 60.7 Å². The van der Waals surface area contributed by atoms with E-state index in [1.165, 1.54) is 10.7 Å². The number of imidazole rings is 1.